The highest BCUT2D eigenvalue weighted by atomic mass is 16.4. The molecule has 4 aliphatic rings. The number of aromatic carboxylic acids is 1. The molecule has 1 amide bonds. The molecular weight excluding hydrogens is 362 g/mol. The summed E-state index contributed by atoms with van der Waals surface area (Å²) in [5.74, 6) is 0.408. The molecule has 0 aliphatic heterocycles. The normalized spacial score (nSPS) is 32.2. The van der Waals surface area contributed by atoms with E-state index in [-0.39, 0.29) is 22.3 Å². The predicted molar refractivity (Wildman–Crippen MR) is 112 cm³/mol. The number of carboxylic acids is 1. The Bertz CT molecular complexity index is 947. The summed E-state index contributed by atoms with van der Waals surface area (Å²) in [5, 5.41) is 12.2. The highest BCUT2D eigenvalue weighted by Gasteiger charge is 2.60. The molecule has 0 spiro atoms. The van der Waals surface area contributed by atoms with Crippen molar-refractivity contribution in [2.45, 2.75) is 50.9 Å². The average Bonchev–Trinajstić information content (AvgIpc) is 2.68. The maximum absolute atomic E-state index is 13.5. The van der Waals surface area contributed by atoms with Crippen LogP contribution in [0.2, 0.25) is 0 Å². The molecule has 4 heteroatoms. The van der Waals surface area contributed by atoms with Crippen molar-refractivity contribution in [1.29, 1.82) is 0 Å². The van der Waals surface area contributed by atoms with Gasteiger partial charge in [-0.25, -0.2) is 4.79 Å². The number of rotatable bonds is 4. The van der Waals surface area contributed by atoms with E-state index in [1.54, 1.807) is 24.3 Å². The van der Waals surface area contributed by atoms with E-state index in [2.05, 4.69) is 36.5 Å². The van der Waals surface area contributed by atoms with Gasteiger partial charge in [-0.1, -0.05) is 29.8 Å². The average molecular weight is 389 g/mol. The van der Waals surface area contributed by atoms with Gasteiger partial charge in [0.1, 0.15) is 0 Å². The summed E-state index contributed by atoms with van der Waals surface area (Å²) < 4.78 is 0. The summed E-state index contributed by atoms with van der Waals surface area (Å²) >= 11 is 0. The van der Waals surface area contributed by atoms with Gasteiger partial charge in [-0.05, 0) is 92.5 Å². The van der Waals surface area contributed by atoms with Gasteiger partial charge in [0, 0.05) is 5.69 Å². The monoisotopic (exact) mass is 389 g/mol. The molecule has 4 fully saturated rings. The van der Waals surface area contributed by atoms with Gasteiger partial charge in [0.25, 0.3) is 0 Å². The third kappa shape index (κ3) is 3.06. The van der Waals surface area contributed by atoms with Crippen LogP contribution in [0.4, 0.5) is 5.69 Å². The second-order valence-corrected chi connectivity index (χ2v) is 9.72. The lowest BCUT2D eigenvalue weighted by Crippen LogP contribution is -2.57. The fourth-order valence-corrected chi connectivity index (χ4v) is 6.73. The summed E-state index contributed by atoms with van der Waals surface area (Å²) in [4.78, 5) is 24.6. The van der Waals surface area contributed by atoms with Crippen LogP contribution in [0.15, 0.2) is 48.5 Å². The van der Waals surface area contributed by atoms with Gasteiger partial charge in [0.2, 0.25) is 5.91 Å². The summed E-state index contributed by atoms with van der Waals surface area (Å²) in [7, 11) is 0. The van der Waals surface area contributed by atoms with Gasteiger partial charge < -0.3 is 10.4 Å². The minimum absolute atomic E-state index is 0.117. The fourth-order valence-electron chi connectivity index (χ4n) is 6.73. The second kappa shape index (κ2) is 6.45. The van der Waals surface area contributed by atoms with Crippen LogP contribution in [-0.4, -0.2) is 17.0 Å². The number of benzene rings is 2. The molecule has 0 saturated heterocycles. The van der Waals surface area contributed by atoms with E-state index in [4.69, 9.17) is 5.11 Å². The molecule has 150 valence electrons. The molecule has 4 nitrogen and oxygen atoms in total. The van der Waals surface area contributed by atoms with Crippen molar-refractivity contribution in [2.24, 2.45) is 17.3 Å². The maximum Gasteiger partial charge on any atom is 0.335 e. The number of aryl methyl sites for hydroxylation is 1. The smallest absolute Gasteiger partial charge is 0.335 e. The minimum Gasteiger partial charge on any atom is -0.478 e. The number of carbonyl (C=O) groups is 2. The molecule has 2 atom stereocenters. The molecule has 0 heterocycles. The Labute approximate surface area is 171 Å². The van der Waals surface area contributed by atoms with Crippen molar-refractivity contribution in [3.63, 3.8) is 0 Å². The Kier molecular flexibility index (Phi) is 4.09. The lowest BCUT2D eigenvalue weighted by molar-refractivity contribution is -0.143. The van der Waals surface area contributed by atoms with Crippen molar-refractivity contribution >= 4 is 17.6 Å². The number of nitrogens with one attached hydrogen (secondary N) is 1. The van der Waals surface area contributed by atoms with Crippen LogP contribution in [0, 0.1) is 24.2 Å². The third-order valence-corrected chi connectivity index (χ3v) is 7.60. The number of amides is 1. The first-order valence-electron chi connectivity index (χ1n) is 10.6. The van der Waals surface area contributed by atoms with Gasteiger partial charge in [0.15, 0.2) is 0 Å². The molecule has 0 radical (unpaired) electrons. The predicted octanol–water partition coefficient (Wildman–Crippen LogP) is 5.17. The molecule has 0 unspecified atom stereocenters. The van der Waals surface area contributed by atoms with Crippen LogP contribution in [0.3, 0.4) is 0 Å². The van der Waals surface area contributed by atoms with E-state index in [0.717, 1.165) is 19.3 Å². The maximum atomic E-state index is 13.5. The first-order valence-corrected chi connectivity index (χ1v) is 10.6. The molecule has 29 heavy (non-hydrogen) atoms. The highest BCUT2D eigenvalue weighted by Crippen LogP contribution is 2.66. The highest BCUT2D eigenvalue weighted by molar-refractivity contribution is 5.96. The van der Waals surface area contributed by atoms with Crippen molar-refractivity contribution in [3.05, 3.63) is 65.2 Å². The Morgan fingerprint density at radius 2 is 1.55 bits per heavy atom. The van der Waals surface area contributed by atoms with Crippen LogP contribution in [0.25, 0.3) is 0 Å². The molecule has 6 rings (SSSR count). The van der Waals surface area contributed by atoms with Crippen LogP contribution in [0.5, 0.6) is 0 Å². The minimum atomic E-state index is -0.955. The van der Waals surface area contributed by atoms with E-state index in [1.165, 1.54) is 30.4 Å². The van der Waals surface area contributed by atoms with Gasteiger partial charge in [-0.15, -0.1) is 0 Å². The molecule has 4 bridgehead atoms. The Morgan fingerprint density at radius 3 is 2.14 bits per heavy atom. The van der Waals surface area contributed by atoms with Crippen molar-refractivity contribution in [2.75, 3.05) is 5.32 Å². The molecule has 4 aliphatic carbocycles. The van der Waals surface area contributed by atoms with E-state index >= 15 is 0 Å². The molecule has 4 saturated carbocycles. The Hall–Kier alpha value is -2.62. The van der Waals surface area contributed by atoms with Crippen LogP contribution < -0.4 is 5.32 Å². The lowest BCUT2D eigenvalue weighted by Gasteiger charge is -2.61. The zero-order valence-corrected chi connectivity index (χ0v) is 16.8. The summed E-state index contributed by atoms with van der Waals surface area (Å²) in [5.41, 5.74) is 3.41. The third-order valence-electron chi connectivity index (χ3n) is 7.60. The largest absolute Gasteiger partial charge is 0.478 e. The SMILES string of the molecule is Cc1ccc(C23C[C@@H]4C[C@H](CC(C(=O)Nc5ccc(C(=O)O)cc5)(C4)C2)C3)cc1. The summed E-state index contributed by atoms with van der Waals surface area (Å²) in [6.07, 6.45) is 6.56. The molecule has 2 N–H and O–H groups in total. The second-order valence-electron chi connectivity index (χ2n) is 9.72. The number of hydrogen-bond donors (Lipinski definition) is 2. The Morgan fingerprint density at radius 1 is 0.931 bits per heavy atom. The fraction of sp³-hybridized carbons (Fsp3) is 0.440. The van der Waals surface area contributed by atoms with Crippen molar-refractivity contribution in [3.8, 4) is 0 Å². The van der Waals surface area contributed by atoms with E-state index in [1.807, 2.05) is 0 Å². The van der Waals surface area contributed by atoms with Crippen molar-refractivity contribution < 1.29 is 14.7 Å². The van der Waals surface area contributed by atoms with Crippen LogP contribution in [-0.2, 0) is 10.2 Å². The number of hydrogen-bond acceptors (Lipinski definition) is 2. The molecule has 0 aromatic heterocycles. The van der Waals surface area contributed by atoms with Crippen LogP contribution >= 0.6 is 0 Å². The number of anilines is 1. The van der Waals surface area contributed by atoms with Gasteiger partial charge in [-0.3, -0.25) is 4.79 Å². The van der Waals surface area contributed by atoms with Crippen molar-refractivity contribution in [1.82, 2.24) is 0 Å². The van der Waals surface area contributed by atoms with Gasteiger partial charge in [0.05, 0.1) is 11.0 Å². The first-order chi connectivity index (χ1) is 13.9. The lowest BCUT2D eigenvalue weighted by atomic mass is 9.42. The molecule has 2 aromatic carbocycles. The van der Waals surface area contributed by atoms with E-state index < -0.39 is 5.97 Å². The first kappa shape index (κ1) is 18.4. The van der Waals surface area contributed by atoms with E-state index in [9.17, 15) is 9.59 Å². The van der Waals surface area contributed by atoms with Gasteiger partial charge in [-0.2, -0.15) is 0 Å². The van der Waals surface area contributed by atoms with Gasteiger partial charge >= 0.3 is 5.97 Å². The number of carbonyl (C=O) groups excluding carboxylic acids is 1. The quantitative estimate of drug-likeness (QED) is 0.758. The zero-order chi connectivity index (χ0) is 20.2. The number of carboxylic acid groups (broad SMARTS) is 1. The summed E-state index contributed by atoms with van der Waals surface area (Å²) in [6.45, 7) is 2.12. The van der Waals surface area contributed by atoms with Crippen LogP contribution in [0.1, 0.15) is 60.0 Å². The topological polar surface area (TPSA) is 66.4 Å². The molecule has 2 aromatic rings. The summed E-state index contributed by atoms with van der Waals surface area (Å²) in [6, 6.07) is 15.4. The molecular formula is C25H27NO3. The zero-order valence-electron chi connectivity index (χ0n) is 16.8. The Balaban J connectivity index is 1.43. The van der Waals surface area contributed by atoms with E-state index in [0.29, 0.717) is 17.5 Å². The standard InChI is InChI=1S/C25H27NO3/c1-16-2-6-20(7-3-16)24-11-17-10-18(12-24)14-25(13-17,15-24)23(29)26-21-8-4-19(5-9-21)22(27)28/h2-9,17-18H,10-15H2,1H3,(H,26,29)(H,27,28)/t17-,18-,24?,25?/m0/s1.